The van der Waals surface area contributed by atoms with Crippen molar-refractivity contribution in [1.82, 2.24) is 0 Å². The van der Waals surface area contributed by atoms with Crippen molar-refractivity contribution in [2.45, 2.75) is 12.8 Å². The summed E-state index contributed by atoms with van der Waals surface area (Å²) in [6.07, 6.45) is 1.91. The van der Waals surface area contributed by atoms with E-state index in [2.05, 4.69) is 4.90 Å². The molecule has 4 N–H and O–H groups in total. The Kier molecular flexibility index (Phi) is 3.72. The third-order valence-electron chi connectivity index (χ3n) is 3.50. The number of aliphatic hydroxyl groups excluding tert-OH is 1. The molecule has 1 aromatic rings. The summed E-state index contributed by atoms with van der Waals surface area (Å²) < 4.78 is 0. The Morgan fingerprint density at radius 2 is 2.06 bits per heavy atom. The molecular weight excluding hydrogens is 232 g/mol. The van der Waals surface area contributed by atoms with Gasteiger partial charge < -0.3 is 20.8 Å². The van der Waals surface area contributed by atoms with Crippen LogP contribution in [0, 0.1) is 5.92 Å². The van der Waals surface area contributed by atoms with E-state index in [4.69, 9.17) is 15.9 Å². The van der Waals surface area contributed by atoms with Crippen LogP contribution in [0.2, 0.25) is 0 Å². The number of hydrogen-bond acceptors (Lipinski definition) is 4. The first-order valence-corrected chi connectivity index (χ1v) is 6.10. The van der Waals surface area contributed by atoms with Crippen LogP contribution in [0.25, 0.3) is 0 Å². The van der Waals surface area contributed by atoms with Crippen LogP contribution < -0.4 is 10.6 Å². The maximum Gasteiger partial charge on any atom is 0.337 e. The highest BCUT2D eigenvalue weighted by molar-refractivity contribution is 5.94. The molecule has 98 valence electrons. The maximum atomic E-state index is 10.9. The lowest BCUT2D eigenvalue weighted by molar-refractivity contribution is 0.0698. The Balaban J connectivity index is 2.11. The first-order chi connectivity index (χ1) is 8.61. The van der Waals surface area contributed by atoms with Crippen molar-refractivity contribution in [2.24, 2.45) is 5.92 Å². The van der Waals surface area contributed by atoms with E-state index in [0.29, 0.717) is 11.6 Å². The van der Waals surface area contributed by atoms with E-state index in [1.54, 1.807) is 18.2 Å². The number of carboxylic acids is 1. The van der Waals surface area contributed by atoms with Gasteiger partial charge >= 0.3 is 5.97 Å². The summed E-state index contributed by atoms with van der Waals surface area (Å²) in [6.45, 7) is 1.99. The Hall–Kier alpha value is -1.75. The van der Waals surface area contributed by atoms with Gasteiger partial charge in [-0.05, 0) is 37.0 Å². The first-order valence-electron chi connectivity index (χ1n) is 6.10. The van der Waals surface area contributed by atoms with E-state index in [1.807, 2.05) is 0 Å². The number of nitrogens with zero attached hydrogens (tertiary/aromatic N) is 1. The van der Waals surface area contributed by atoms with Gasteiger partial charge in [0.1, 0.15) is 0 Å². The zero-order valence-electron chi connectivity index (χ0n) is 10.2. The number of anilines is 2. The summed E-state index contributed by atoms with van der Waals surface area (Å²) in [6, 6.07) is 5.05. The molecule has 18 heavy (non-hydrogen) atoms. The number of carboxylic acid groups (broad SMARTS) is 1. The number of aliphatic hydroxyl groups is 1. The molecular formula is C13H18N2O3. The molecule has 0 aliphatic carbocycles. The summed E-state index contributed by atoms with van der Waals surface area (Å²) in [5.74, 6) is -0.616. The van der Waals surface area contributed by atoms with Crippen molar-refractivity contribution in [3.05, 3.63) is 23.8 Å². The monoisotopic (exact) mass is 250 g/mol. The molecule has 5 nitrogen and oxygen atoms in total. The number of aromatic carboxylic acids is 1. The second-order valence-electron chi connectivity index (χ2n) is 4.69. The molecule has 0 saturated carbocycles. The average molecular weight is 250 g/mol. The second kappa shape index (κ2) is 5.27. The van der Waals surface area contributed by atoms with Crippen molar-refractivity contribution >= 4 is 17.3 Å². The van der Waals surface area contributed by atoms with Crippen molar-refractivity contribution in [1.29, 1.82) is 0 Å². The van der Waals surface area contributed by atoms with E-state index in [1.165, 1.54) is 0 Å². The highest BCUT2D eigenvalue weighted by Gasteiger charge is 2.19. The maximum absolute atomic E-state index is 10.9. The number of benzene rings is 1. The Morgan fingerprint density at radius 3 is 2.56 bits per heavy atom. The fraction of sp³-hybridized carbons (Fsp3) is 0.462. The summed E-state index contributed by atoms with van der Waals surface area (Å²) >= 11 is 0. The summed E-state index contributed by atoms with van der Waals surface area (Å²) in [5.41, 5.74) is 7.13. The van der Waals surface area contributed by atoms with Crippen LogP contribution >= 0.6 is 0 Å². The van der Waals surface area contributed by atoms with Gasteiger partial charge in [0.25, 0.3) is 0 Å². The molecule has 0 atom stereocenters. The van der Waals surface area contributed by atoms with Gasteiger partial charge in [-0.15, -0.1) is 0 Å². The molecule has 1 aliphatic heterocycles. The fourth-order valence-corrected chi connectivity index (χ4v) is 2.32. The minimum absolute atomic E-state index is 0.143. The summed E-state index contributed by atoms with van der Waals surface area (Å²) in [7, 11) is 0. The Bertz CT molecular complexity index is 440. The molecule has 1 fully saturated rings. The predicted molar refractivity (Wildman–Crippen MR) is 69.8 cm³/mol. The molecule has 1 aliphatic rings. The highest BCUT2D eigenvalue weighted by atomic mass is 16.4. The topological polar surface area (TPSA) is 86.8 Å². The molecule has 1 heterocycles. The number of hydrogen-bond donors (Lipinski definition) is 3. The van der Waals surface area contributed by atoms with Gasteiger partial charge in [0.2, 0.25) is 0 Å². The van der Waals surface area contributed by atoms with Gasteiger partial charge in [-0.25, -0.2) is 4.79 Å². The van der Waals surface area contributed by atoms with Crippen molar-refractivity contribution in [2.75, 3.05) is 30.3 Å². The smallest absolute Gasteiger partial charge is 0.337 e. The van der Waals surface area contributed by atoms with Gasteiger partial charge in [-0.1, -0.05) is 0 Å². The second-order valence-corrected chi connectivity index (χ2v) is 4.69. The lowest BCUT2D eigenvalue weighted by Gasteiger charge is -2.33. The molecule has 1 saturated heterocycles. The number of rotatable bonds is 3. The highest BCUT2D eigenvalue weighted by Crippen LogP contribution is 2.26. The minimum Gasteiger partial charge on any atom is -0.478 e. The largest absolute Gasteiger partial charge is 0.478 e. The van der Waals surface area contributed by atoms with Crippen LogP contribution in [0.1, 0.15) is 23.2 Å². The predicted octanol–water partition coefficient (Wildman–Crippen LogP) is 1.18. The first kappa shape index (κ1) is 12.7. The number of nitrogen functional groups attached to an aromatic ring is 1. The van der Waals surface area contributed by atoms with Crippen LogP contribution in [0.4, 0.5) is 11.4 Å². The quantitative estimate of drug-likeness (QED) is 0.701. The zero-order chi connectivity index (χ0) is 13.1. The van der Waals surface area contributed by atoms with Crippen molar-refractivity contribution in [3.8, 4) is 0 Å². The molecule has 1 aromatic carbocycles. The van der Waals surface area contributed by atoms with Gasteiger partial charge in [-0.2, -0.15) is 0 Å². The van der Waals surface area contributed by atoms with Gasteiger partial charge in [0.05, 0.1) is 5.56 Å². The van der Waals surface area contributed by atoms with Crippen LogP contribution in [-0.2, 0) is 0 Å². The molecule has 0 bridgehead atoms. The molecule has 0 amide bonds. The number of piperidine rings is 1. The van der Waals surface area contributed by atoms with Crippen LogP contribution in [0.15, 0.2) is 18.2 Å². The summed E-state index contributed by atoms with van der Waals surface area (Å²) in [4.78, 5) is 13.0. The minimum atomic E-state index is -1.00. The third kappa shape index (κ3) is 2.56. The third-order valence-corrected chi connectivity index (χ3v) is 3.50. The van der Waals surface area contributed by atoms with Gasteiger partial charge in [-0.3, -0.25) is 0 Å². The van der Waals surface area contributed by atoms with E-state index < -0.39 is 5.97 Å². The SMILES string of the molecule is Nc1cc(N2CCC(CO)CC2)ccc1C(=O)O. The Morgan fingerprint density at radius 1 is 1.39 bits per heavy atom. The molecule has 0 unspecified atom stereocenters. The van der Waals surface area contributed by atoms with Gasteiger partial charge in [0, 0.05) is 31.1 Å². The Labute approximate surface area is 106 Å². The van der Waals surface area contributed by atoms with E-state index in [0.717, 1.165) is 31.6 Å². The zero-order valence-corrected chi connectivity index (χ0v) is 10.2. The average Bonchev–Trinajstić information content (AvgIpc) is 2.38. The molecule has 5 heteroatoms. The van der Waals surface area contributed by atoms with E-state index in [-0.39, 0.29) is 12.2 Å². The van der Waals surface area contributed by atoms with E-state index >= 15 is 0 Å². The molecule has 2 rings (SSSR count). The van der Waals surface area contributed by atoms with Crippen LogP contribution in [-0.4, -0.2) is 35.9 Å². The molecule has 0 spiro atoms. The van der Waals surface area contributed by atoms with Crippen LogP contribution in [0.5, 0.6) is 0 Å². The standard InChI is InChI=1S/C13H18N2O3/c14-12-7-10(1-2-11(12)13(17)18)15-5-3-9(8-16)4-6-15/h1-2,7,9,16H,3-6,8,14H2,(H,17,18). The lowest BCUT2D eigenvalue weighted by atomic mass is 9.97. The van der Waals surface area contributed by atoms with Gasteiger partial charge in [0.15, 0.2) is 0 Å². The van der Waals surface area contributed by atoms with Crippen LogP contribution in [0.3, 0.4) is 0 Å². The molecule has 0 radical (unpaired) electrons. The van der Waals surface area contributed by atoms with E-state index in [9.17, 15) is 4.79 Å². The lowest BCUT2D eigenvalue weighted by Crippen LogP contribution is -2.34. The number of nitrogens with two attached hydrogens (primary N) is 1. The fourth-order valence-electron chi connectivity index (χ4n) is 2.32. The summed E-state index contributed by atoms with van der Waals surface area (Å²) in [5, 5.41) is 18.0. The van der Waals surface area contributed by atoms with Crippen molar-refractivity contribution < 1.29 is 15.0 Å². The van der Waals surface area contributed by atoms with Crippen molar-refractivity contribution in [3.63, 3.8) is 0 Å². The normalized spacial score (nSPS) is 16.8. The number of carbonyl (C=O) groups is 1. The molecule has 0 aromatic heterocycles.